The number of amides is 1. The molecule has 1 aromatic heterocycles. The van der Waals surface area contributed by atoms with Crippen LogP contribution in [0.1, 0.15) is 28.5 Å². The summed E-state index contributed by atoms with van der Waals surface area (Å²) in [7, 11) is 0. The van der Waals surface area contributed by atoms with E-state index in [4.69, 9.17) is 10.5 Å². The summed E-state index contributed by atoms with van der Waals surface area (Å²) in [5, 5.41) is 0.856. The zero-order valence-electron chi connectivity index (χ0n) is 11.6. The molecule has 2 rings (SSSR count). The Balaban J connectivity index is 2.40. The molecule has 1 amide bonds. The molecule has 5 nitrogen and oxygen atoms in total. The van der Waals surface area contributed by atoms with Crippen molar-refractivity contribution in [3.8, 4) is 0 Å². The predicted molar refractivity (Wildman–Crippen MR) is 75.3 cm³/mol. The molecule has 0 bridgehead atoms. The van der Waals surface area contributed by atoms with E-state index in [1.807, 2.05) is 25.1 Å². The number of fused-ring (bicyclic) bond motifs is 1. The van der Waals surface area contributed by atoms with Gasteiger partial charge in [-0.05, 0) is 39.0 Å². The SMILES string of the molecule is Cc1ccc2nc(C)c(C(=O)O[C@H](C)C(N)=O)cc2c1. The lowest BCUT2D eigenvalue weighted by molar-refractivity contribution is -0.125. The van der Waals surface area contributed by atoms with E-state index in [0.29, 0.717) is 11.3 Å². The highest BCUT2D eigenvalue weighted by Gasteiger charge is 2.18. The van der Waals surface area contributed by atoms with Gasteiger partial charge in [-0.1, -0.05) is 11.6 Å². The lowest BCUT2D eigenvalue weighted by Gasteiger charge is -2.11. The van der Waals surface area contributed by atoms with Crippen LogP contribution in [0.25, 0.3) is 10.9 Å². The summed E-state index contributed by atoms with van der Waals surface area (Å²) in [6.45, 7) is 5.13. The molecule has 0 saturated carbocycles. The van der Waals surface area contributed by atoms with Crippen LogP contribution in [0.3, 0.4) is 0 Å². The molecule has 1 heterocycles. The molecule has 1 atom stereocenters. The maximum Gasteiger partial charge on any atom is 0.340 e. The molecule has 20 heavy (non-hydrogen) atoms. The average Bonchev–Trinajstić information content (AvgIpc) is 2.38. The summed E-state index contributed by atoms with van der Waals surface area (Å²) in [4.78, 5) is 27.3. The largest absolute Gasteiger partial charge is 0.449 e. The molecule has 0 aliphatic rings. The number of benzene rings is 1. The number of pyridine rings is 1. The number of carbonyl (C=O) groups excluding carboxylic acids is 2. The van der Waals surface area contributed by atoms with Crippen LogP contribution in [-0.4, -0.2) is 23.0 Å². The zero-order valence-corrected chi connectivity index (χ0v) is 11.6. The fourth-order valence-electron chi connectivity index (χ4n) is 1.88. The average molecular weight is 272 g/mol. The van der Waals surface area contributed by atoms with Gasteiger partial charge in [-0.25, -0.2) is 4.79 Å². The molecule has 0 aliphatic carbocycles. The Morgan fingerprint density at radius 2 is 1.95 bits per heavy atom. The van der Waals surface area contributed by atoms with Crippen molar-refractivity contribution in [2.75, 3.05) is 0 Å². The van der Waals surface area contributed by atoms with E-state index >= 15 is 0 Å². The molecule has 0 radical (unpaired) electrons. The standard InChI is InChI=1S/C15H16N2O3/c1-8-4-5-13-11(6-8)7-12(9(2)17-13)15(19)20-10(3)14(16)18/h4-7,10H,1-3H3,(H2,16,18)/t10-/m1/s1. The molecule has 0 fully saturated rings. The first-order valence-electron chi connectivity index (χ1n) is 6.27. The van der Waals surface area contributed by atoms with Crippen molar-refractivity contribution in [3.05, 3.63) is 41.1 Å². The van der Waals surface area contributed by atoms with Crippen molar-refractivity contribution in [2.24, 2.45) is 5.73 Å². The summed E-state index contributed by atoms with van der Waals surface area (Å²) in [5.74, 6) is -1.27. The number of primary amides is 1. The van der Waals surface area contributed by atoms with Crippen molar-refractivity contribution in [3.63, 3.8) is 0 Å². The van der Waals surface area contributed by atoms with Gasteiger partial charge in [0.15, 0.2) is 6.10 Å². The lowest BCUT2D eigenvalue weighted by Crippen LogP contribution is -2.30. The van der Waals surface area contributed by atoms with Gasteiger partial charge in [0.1, 0.15) is 0 Å². The van der Waals surface area contributed by atoms with Crippen molar-refractivity contribution < 1.29 is 14.3 Å². The molecule has 0 aliphatic heterocycles. The van der Waals surface area contributed by atoms with Crippen LogP contribution in [0.15, 0.2) is 24.3 Å². The van der Waals surface area contributed by atoms with Crippen LogP contribution in [0.5, 0.6) is 0 Å². The summed E-state index contributed by atoms with van der Waals surface area (Å²) >= 11 is 0. The maximum atomic E-state index is 12.0. The molecule has 104 valence electrons. The van der Waals surface area contributed by atoms with E-state index in [9.17, 15) is 9.59 Å². The molecular formula is C15H16N2O3. The second-order valence-electron chi connectivity index (χ2n) is 4.77. The van der Waals surface area contributed by atoms with Gasteiger partial charge in [-0.3, -0.25) is 9.78 Å². The monoisotopic (exact) mass is 272 g/mol. The highest BCUT2D eigenvalue weighted by atomic mass is 16.5. The minimum atomic E-state index is -0.963. The van der Waals surface area contributed by atoms with E-state index < -0.39 is 18.0 Å². The number of carbonyl (C=O) groups is 2. The molecule has 0 saturated heterocycles. The first-order valence-corrected chi connectivity index (χ1v) is 6.27. The fraction of sp³-hybridized carbons (Fsp3) is 0.267. The van der Waals surface area contributed by atoms with Crippen LogP contribution in [0.2, 0.25) is 0 Å². The highest BCUT2D eigenvalue weighted by Crippen LogP contribution is 2.19. The van der Waals surface area contributed by atoms with E-state index in [0.717, 1.165) is 16.5 Å². The van der Waals surface area contributed by atoms with Gasteiger partial charge in [0.05, 0.1) is 16.8 Å². The second kappa shape index (κ2) is 5.28. The van der Waals surface area contributed by atoms with Crippen molar-refractivity contribution in [1.29, 1.82) is 0 Å². The number of rotatable bonds is 3. The Hall–Kier alpha value is -2.43. The molecule has 0 spiro atoms. The number of nitrogens with zero attached hydrogens (tertiary/aromatic N) is 1. The minimum absolute atomic E-state index is 0.344. The quantitative estimate of drug-likeness (QED) is 0.865. The Kier molecular flexibility index (Phi) is 3.70. The van der Waals surface area contributed by atoms with Crippen LogP contribution in [-0.2, 0) is 9.53 Å². The summed E-state index contributed by atoms with van der Waals surface area (Å²) < 4.78 is 5.00. The second-order valence-corrected chi connectivity index (χ2v) is 4.77. The van der Waals surface area contributed by atoms with Gasteiger partial charge < -0.3 is 10.5 Å². The Labute approximate surface area is 116 Å². The van der Waals surface area contributed by atoms with Gasteiger partial charge in [-0.15, -0.1) is 0 Å². The smallest absolute Gasteiger partial charge is 0.340 e. The zero-order chi connectivity index (χ0) is 14.9. The summed E-state index contributed by atoms with van der Waals surface area (Å²) in [5.41, 5.74) is 7.87. The number of nitrogens with two attached hydrogens (primary N) is 1. The van der Waals surface area contributed by atoms with Crippen molar-refractivity contribution >= 4 is 22.8 Å². The van der Waals surface area contributed by atoms with Crippen LogP contribution >= 0.6 is 0 Å². The summed E-state index contributed by atoms with van der Waals surface area (Å²) in [6, 6.07) is 7.53. The molecule has 5 heteroatoms. The number of hydrogen-bond acceptors (Lipinski definition) is 4. The van der Waals surface area contributed by atoms with Gasteiger partial charge in [0, 0.05) is 5.39 Å². The predicted octanol–water partition coefficient (Wildman–Crippen LogP) is 1.88. The van der Waals surface area contributed by atoms with Gasteiger partial charge in [0.25, 0.3) is 5.91 Å². The van der Waals surface area contributed by atoms with Crippen LogP contribution < -0.4 is 5.73 Å². The normalized spacial score (nSPS) is 12.2. The number of aromatic nitrogens is 1. The summed E-state index contributed by atoms with van der Waals surface area (Å²) in [6.07, 6.45) is -0.963. The first-order chi connectivity index (χ1) is 9.38. The maximum absolute atomic E-state index is 12.0. The molecule has 1 aromatic carbocycles. The van der Waals surface area contributed by atoms with Gasteiger partial charge in [-0.2, -0.15) is 0 Å². The highest BCUT2D eigenvalue weighted by molar-refractivity contribution is 5.96. The van der Waals surface area contributed by atoms with Crippen molar-refractivity contribution in [2.45, 2.75) is 26.9 Å². The number of esters is 1. The first kappa shape index (κ1) is 14.0. The Morgan fingerprint density at radius 1 is 1.25 bits per heavy atom. The van der Waals surface area contributed by atoms with Crippen molar-refractivity contribution in [1.82, 2.24) is 4.98 Å². The molecule has 2 aromatic rings. The number of aryl methyl sites for hydroxylation is 2. The topological polar surface area (TPSA) is 82.3 Å². The molecule has 2 N–H and O–H groups in total. The minimum Gasteiger partial charge on any atom is -0.449 e. The van der Waals surface area contributed by atoms with Gasteiger partial charge >= 0.3 is 5.97 Å². The van der Waals surface area contributed by atoms with E-state index in [1.54, 1.807) is 13.0 Å². The number of hydrogen-bond donors (Lipinski definition) is 1. The Bertz CT molecular complexity index is 695. The van der Waals surface area contributed by atoms with Crippen LogP contribution in [0, 0.1) is 13.8 Å². The van der Waals surface area contributed by atoms with E-state index in [1.165, 1.54) is 6.92 Å². The number of ether oxygens (including phenoxy) is 1. The van der Waals surface area contributed by atoms with Gasteiger partial charge in [0.2, 0.25) is 0 Å². The third-order valence-electron chi connectivity index (χ3n) is 3.07. The van der Waals surface area contributed by atoms with E-state index in [2.05, 4.69) is 4.98 Å². The Morgan fingerprint density at radius 3 is 2.60 bits per heavy atom. The fourth-order valence-corrected chi connectivity index (χ4v) is 1.88. The molecule has 0 unspecified atom stereocenters. The van der Waals surface area contributed by atoms with Crippen LogP contribution in [0.4, 0.5) is 0 Å². The van der Waals surface area contributed by atoms with E-state index in [-0.39, 0.29) is 0 Å². The molecular weight excluding hydrogens is 256 g/mol. The lowest BCUT2D eigenvalue weighted by atomic mass is 10.1. The third-order valence-corrected chi connectivity index (χ3v) is 3.07. The third kappa shape index (κ3) is 2.77.